The van der Waals surface area contributed by atoms with Crippen molar-refractivity contribution in [2.45, 2.75) is 6.42 Å². The zero-order valence-corrected chi connectivity index (χ0v) is 11.7. The van der Waals surface area contributed by atoms with Crippen LogP contribution in [0.5, 0.6) is 5.75 Å². The van der Waals surface area contributed by atoms with Crippen LogP contribution >= 0.6 is 7.67 Å². The molecule has 0 aromatic heterocycles. The summed E-state index contributed by atoms with van der Waals surface area (Å²) in [4.78, 5) is 0. The van der Waals surface area contributed by atoms with Crippen molar-refractivity contribution in [1.29, 1.82) is 0 Å². The summed E-state index contributed by atoms with van der Waals surface area (Å²) < 4.78 is 22.4. The van der Waals surface area contributed by atoms with E-state index in [2.05, 4.69) is 6.08 Å². The van der Waals surface area contributed by atoms with E-state index in [1.54, 1.807) is 4.67 Å². The van der Waals surface area contributed by atoms with Crippen molar-refractivity contribution in [1.82, 2.24) is 9.34 Å². The molecule has 1 heterocycles. The molecule has 0 N–H and O–H groups in total. The van der Waals surface area contributed by atoms with Crippen LogP contribution in [0, 0.1) is 0 Å². The number of nitrogens with zero attached hydrogens (tertiary/aromatic N) is 2. The Labute approximate surface area is 108 Å². The first-order valence-corrected chi connectivity index (χ1v) is 7.59. The van der Waals surface area contributed by atoms with Gasteiger partial charge in [0.05, 0.1) is 0 Å². The van der Waals surface area contributed by atoms with Crippen molar-refractivity contribution in [2.24, 2.45) is 0 Å². The van der Waals surface area contributed by atoms with E-state index in [0.717, 1.165) is 13.0 Å². The predicted molar refractivity (Wildman–Crippen MR) is 73.7 cm³/mol. The Hall–Kier alpha value is -1.09. The third-order valence-corrected chi connectivity index (χ3v) is 5.52. The van der Waals surface area contributed by atoms with E-state index in [4.69, 9.17) is 4.52 Å². The summed E-state index contributed by atoms with van der Waals surface area (Å²) in [5.41, 5.74) is 0. The van der Waals surface area contributed by atoms with Crippen molar-refractivity contribution in [2.75, 3.05) is 27.2 Å². The van der Waals surface area contributed by atoms with E-state index in [-0.39, 0.29) is 0 Å². The van der Waals surface area contributed by atoms with Crippen LogP contribution in [0.1, 0.15) is 6.42 Å². The van der Waals surface area contributed by atoms with E-state index < -0.39 is 7.67 Å². The van der Waals surface area contributed by atoms with Gasteiger partial charge >= 0.3 is 7.67 Å². The molecule has 0 fully saturated rings. The summed E-state index contributed by atoms with van der Waals surface area (Å²) in [5, 5.41) is 0. The van der Waals surface area contributed by atoms with Gasteiger partial charge in [0, 0.05) is 13.1 Å². The number of hydrogen-bond donors (Lipinski definition) is 0. The molecule has 18 heavy (non-hydrogen) atoms. The molecule has 1 atom stereocenters. The van der Waals surface area contributed by atoms with Crippen molar-refractivity contribution < 1.29 is 9.09 Å². The second-order valence-corrected chi connectivity index (χ2v) is 6.91. The SMILES string of the molecule is CN1C/C=C\CCN(C)P1(=O)Oc1ccccc1. The summed E-state index contributed by atoms with van der Waals surface area (Å²) in [5.74, 6) is 0.643. The number of benzene rings is 1. The van der Waals surface area contributed by atoms with Crippen LogP contribution in [0.15, 0.2) is 42.5 Å². The lowest BCUT2D eigenvalue weighted by atomic mass is 10.3. The summed E-state index contributed by atoms with van der Waals surface area (Å²) in [7, 11) is 0.703. The zero-order valence-electron chi connectivity index (χ0n) is 10.8. The highest BCUT2D eigenvalue weighted by Gasteiger charge is 2.35. The maximum atomic E-state index is 13.0. The van der Waals surface area contributed by atoms with Crippen LogP contribution in [0.2, 0.25) is 0 Å². The molecule has 0 spiro atoms. The monoisotopic (exact) mass is 266 g/mol. The fourth-order valence-electron chi connectivity index (χ4n) is 1.85. The lowest BCUT2D eigenvalue weighted by molar-refractivity contribution is 0.321. The Kier molecular flexibility index (Phi) is 4.23. The van der Waals surface area contributed by atoms with E-state index in [1.165, 1.54) is 0 Å². The Morgan fingerprint density at radius 2 is 1.83 bits per heavy atom. The normalized spacial score (nSPS) is 28.3. The van der Waals surface area contributed by atoms with Crippen molar-refractivity contribution >= 4 is 7.67 Å². The van der Waals surface area contributed by atoms with Gasteiger partial charge in [-0.2, -0.15) is 0 Å². The minimum Gasteiger partial charge on any atom is -0.422 e. The molecule has 4 nitrogen and oxygen atoms in total. The quantitative estimate of drug-likeness (QED) is 0.608. The molecule has 0 bridgehead atoms. The van der Waals surface area contributed by atoms with E-state index >= 15 is 0 Å². The number of para-hydroxylation sites is 1. The highest BCUT2D eigenvalue weighted by molar-refractivity contribution is 7.54. The van der Waals surface area contributed by atoms with Crippen molar-refractivity contribution in [3.8, 4) is 5.75 Å². The molecular formula is C13H19N2O2P. The van der Waals surface area contributed by atoms with Gasteiger partial charge in [0.25, 0.3) is 0 Å². The highest BCUT2D eigenvalue weighted by atomic mass is 31.2. The van der Waals surface area contributed by atoms with E-state index in [9.17, 15) is 4.57 Å². The van der Waals surface area contributed by atoms with Gasteiger partial charge in [0.2, 0.25) is 0 Å². The molecule has 0 aliphatic carbocycles. The largest absolute Gasteiger partial charge is 0.422 e. The zero-order chi connectivity index (χ0) is 13.0. The summed E-state index contributed by atoms with van der Waals surface area (Å²) in [6.07, 6.45) is 5.04. The summed E-state index contributed by atoms with van der Waals surface area (Å²) in [6, 6.07) is 9.33. The molecule has 1 aliphatic heterocycles. The maximum absolute atomic E-state index is 13.0. The van der Waals surface area contributed by atoms with Crippen molar-refractivity contribution in [3.05, 3.63) is 42.5 Å². The molecule has 0 radical (unpaired) electrons. The third-order valence-electron chi connectivity index (χ3n) is 2.99. The first-order valence-electron chi connectivity index (χ1n) is 6.06. The van der Waals surface area contributed by atoms with Crippen LogP contribution in [0.25, 0.3) is 0 Å². The van der Waals surface area contributed by atoms with E-state index in [1.807, 2.05) is 55.2 Å². The maximum Gasteiger partial charge on any atom is 0.395 e. The highest BCUT2D eigenvalue weighted by Crippen LogP contribution is 2.52. The van der Waals surface area contributed by atoms with Gasteiger partial charge in [-0.15, -0.1) is 0 Å². The summed E-state index contributed by atoms with van der Waals surface area (Å²) in [6.45, 7) is 1.36. The number of hydrogen-bond acceptors (Lipinski definition) is 2. The second-order valence-electron chi connectivity index (χ2n) is 4.38. The molecule has 1 unspecified atom stereocenters. The number of rotatable bonds is 2. The molecular weight excluding hydrogens is 247 g/mol. The fourth-order valence-corrected chi connectivity index (χ4v) is 3.72. The van der Waals surface area contributed by atoms with Gasteiger partial charge in [-0.25, -0.2) is 13.9 Å². The molecule has 0 amide bonds. The minimum atomic E-state index is -2.97. The van der Waals surface area contributed by atoms with E-state index in [0.29, 0.717) is 12.3 Å². The molecule has 0 saturated heterocycles. The standard InChI is InChI=1S/C13H19N2O2P/c1-14-11-7-4-8-12-15(2)18(14,16)17-13-9-5-3-6-10-13/h3-7,9-10H,8,11-12H2,1-2H3/b7-4-. The van der Waals surface area contributed by atoms with Crippen LogP contribution in [-0.4, -0.2) is 36.5 Å². The smallest absolute Gasteiger partial charge is 0.395 e. The Balaban J connectivity index is 2.25. The average Bonchev–Trinajstić information content (AvgIpc) is 2.37. The van der Waals surface area contributed by atoms with Gasteiger partial charge < -0.3 is 4.52 Å². The molecule has 2 rings (SSSR count). The van der Waals surface area contributed by atoms with Gasteiger partial charge in [-0.3, -0.25) is 0 Å². The van der Waals surface area contributed by atoms with Gasteiger partial charge in [-0.1, -0.05) is 30.4 Å². The van der Waals surface area contributed by atoms with Gasteiger partial charge in [0.1, 0.15) is 5.75 Å². The Morgan fingerprint density at radius 1 is 1.11 bits per heavy atom. The van der Waals surface area contributed by atoms with Crippen LogP contribution < -0.4 is 4.52 Å². The molecule has 98 valence electrons. The van der Waals surface area contributed by atoms with Crippen LogP contribution in [0.3, 0.4) is 0 Å². The summed E-state index contributed by atoms with van der Waals surface area (Å²) >= 11 is 0. The van der Waals surface area contributed by atoms with Crippen LogP contribution in [0.4, 0.5) is 0 Å². The predicted octanol–water partition coefficient (Wildman–Crippen LogP) is 3.00. The lowest BCUT2D eigenvalue weighted by Gasteiger charge is -2.34. The second kappa shape index (κ2) is 5.70. The molecule has 0 saturated carbocycles. The topological polar surface area (TPSA) is 32.8 Å². The molecule has 5 heteroatoms. The third kappa shape index (κ3) is 2.83. The Bertz CT molecular complexity index is 461. The fraction of sp³-hybridized carbons (Fsp3) is 0.385. The van der Waals surface area contributed by atoms with Gasteiger partial charge in [-0.05, 0) is 32.6 Å². The molecule has 1 aliphatic rings. The first-order chi connectivity index (χ1) is 8.63. The molecule has 1 aromatic rings. The Morgan fingerprint density at radius 3 is 2.56 bits per heavy atom. The minimum absolute atomic E-state index is 0.633. The average molecular weight is 266 g/mol. The van der Waals surface area contributed by atoms with Gasteiger partial charge in [0.15, 0.2) is 0 Å². The van der Waals surface area contributed by atoms with Crippen LogP contribution in [-0.2, 0) is 4.57 Å². The van der Waals surface area contributed by atoms with Crippen molar-refractivity contribution in [3.63, 3.8) is 0 Å². The first kappa shape index (κ1) is 13.3. The molecule has 1 aromatic carbocycles. The lowest BCUT2D eigenvalue weighted by Crippen LogP contribution is -2.31. The number of likely N-dealkylation sites (N-methyl/N-ethyl adjacent to an activating group) is 1.